The zero-order chi connectivity index (χ0) is 16.2. The number of hydrogen-bond acceptors (Lipinski definition) is 5. The maximum atomic E-state index is 5.43. The van der Waals surface area contributed by atoms with Gasteiger partial charge in [-0.25, -0.2) is 4.98 Å². The van der Waals surface area contributed by atoms with Gasteiger partial charge in [0.15, 0.2) is 5.82 Å². The highest BCUT2D eigenvalue weighted by atomic mass is 16.5. The van der Waals surface area contributed by atoms with Crippen LogP contribution in [0.4, 0.5) is 0 Å². The number of aromatic nitrogens is 4. The third-order valence-electron chi connectivity index (χ3n) is 4.71. The summed E-state index contributed by atoms with van der Waals surface area (Å²) in [7, 11) is 0. The Morgan fingerprint density at radius 2 is 2.22 bits per heavy atom. The molecule has 23 heavy (non-hydrogen) atoms. The Labute approximate surface area is 137 Å². The largest absolute Gasteiger partial charge is 0.338 e. The lowest BCUT2D eigenvalue weighted by Gasteiger charge is -2.34. The van der Waals surface area contributed by atoms with Crippen molar-refractivity contribution in [3.8, 4) is 0 Å². The maximum absolute atomic E-state index is 5.43. The van der Waals surface area contributed by atoms with Crippen LogP contribution in [0, 0.1) is 6.92 Å². The number of rotatable bonds is 6. The van der Waals surface area contributed by atoms with E-state index in [1.54, 1.807) is 0 Å². The fourth-order valence-corrected chi connectivity index (χ4v) is 3.26. The molecular weight excluding hydrogens is 290 g/mol. The molecule has 1 saturated heterocycles. The minimum atomic E-state index is 0.314. The molecule has 1 atom stereocenters. The molecule has 1 unspecified atom stereocenters. The van der Waals surface area contributed by atoms with Crippen LogP contribution in [-0.4, -0.2) is 37.2 Å². The molecule has 0 bridgehead atoms. The summed E-state index contributed by atoms with van der Waals surface area (Å²) in [5, 5.41) is 4.08. The summed E-state index contributed by atoms with van der Waals surface area (Å²) in [6, 6.07) is 0.583. The summed E-state index contributed by atoms with van der Waals surface area (Å²) in [5.74, 6) is 2.96. The first kappa shape index (κ1) is 16.2. The molecule has 0 aliphatic carbocycles. The molecule has 1 aliphatic heterocycles. The van der Waals surface area contributed by atoms with E-state index in [1.807, 2.05) is 6.20 Å². The molecule has 0 amide bonds. The van der Waals surface area contributed by atoms with Gasteiger partial charge in [-0.1, -0.05) is 25.4 Å². The standard InChI is InChI=1S/C17H27N5O/c1-13(2)17-19-16(23-20-17)12-22-9-5-4-6-15(22)7-10-21-11-8-18-14(21)3/h8,11,13,15H,4-7,9-10,12H2,1-3H3. The number of aryl methyl sites for hydroxylation is 2. The van der Waals surface area contributed by atoms with Crippen LogP contribution in [0.2, 0.25) is 0 Å². The van der Waals surface area contributed by atoms with Gasteiger partial charge in [0.05, 0.1) is 6.54 Å². The molecular formula is C17H27N5O. The third-order valence-corrected chi connectivity index (χ3v) is 4.71. The van der Waals surface area contributed by atoms with Gasteiger partial charge in [0.2, 0.25) is 5.89 Å². The first-order valence-corrected chi connectivity index (χ1v) is 8.67. The maximum Gasteiger partial charge on any atom is 0.240 e. The lowest BCUT2D eigenvalue weighted by Crippen LogP contribution is -2.39. The van der Waals surface area contributed by atoms with Crippen LogP contribution in [0.1, 0.15) is 63.0 Å². The number of imidazole rings is 1. The van der Waals surface area contributed by atoms with Crippen molar-refractivity contribution in [3.05, 3.63) is 29.9 Å². The van der Waals surface area contributed by atoms with Gasteiger partial charge in [0, 0.05) is 30.9 Å². The van der Waals surface area contributed by atoms with E-state index in [0.29, 0.717) is 12.0 Å². The molecule has 2 aromatic heterocycles. The second-order valence-corrected chi connectivity index (χ2v) is 6.78. The molecule has 3 heterocycles. The van der Waals surface area contributed by atoms with E-state index in [0.717, 1.165) is 43.6 Å². The Morgan fingerprint density at radius 1 is 1.35 bits per heavy atom. The fourth-order valence-electron chi connectivity index (χ4n) is 3.26. The van der Waals surface area contributed by atoms with E-state index >= 15 is 0 Å². The first-order chi connectivity index (χ1) is 11.1. The monoisotopic (exact) mass is 317 g/mol. The van der Waals surface area contributed by atoms with Crippen molar-refractivity contribution in [1.29, 1.82) is 0 Å². The fraction of sp³-hybridized carbons (Fsp3) is 0.706. The van der Waals surface area contributed by atoms with Crippen molar-refractivity contribution in [2.45, 2.75) is 71.5 Å². The molecule has 126 valence electrons. The predicted molar refractivity (Wildman–Crippen MR) is 88.0 cm³/mol. The van der Waals surface area contributed by atoms with Crippen molar-refractivity contribution < 1.29 is 4.52 Å². The number of likely N-dealkylation sites (tertiary alicyclic amines) is 1. The van der Waals surface area contributed by atoms with Crippen molar-refractivity contribution in [1.82, 2.24) is 24.6 Å². The molecule has 0 spiro atoms. The SMILES string of the molecule is Cc1nccn1CCC1CCCCN1Cc1nc(C(C)C)no1. The van der Waals surface area contributed by atoms with E-state index in [9.17, 15) is 0 Å². The molecule has 1 fully saturated rings. The van der Waals surface area contributed by atoms with Crippen molar-refractivity contribution >= 4 is 0 Å². The van der Waals surface area contributed by atoms with Gasteiger partial charge in [-0.2, -0.15) is 4.98 Å². The number of hydrogen-bond donors (Lipinski definition) is 0. The van der Waals surface area contributed by atoms with Crippen molar-refractivity contribution in [2.75, 3.05) is 6.54 Å². The number of nitrogens with zero attached hydrogens (tertiary/aromatic N) is 5. The molecule has 2 aromatic rings. The van der Waals surface area contributed by atoms with Crippen LogP contribution >= 0.6 is 0 Å². The van der Waals surface area contributed by atoms with E-state index < -0.39 is 0 Å². The lowest BCUT2D eigenvalue weighted by molar-refractivity contribution is 0.113. The average Bonchev–Trinajstić information content (AvgIpc) is 3.16. The molecule has 6 nitrogen and oxygen atoms in total. The molecule has 0 saturated carbocycles. The van der Waals surface area contributed by atoms with Gasteiger partial charge in [-0.05, 0) is 32.7 Å². The Kier molecular flexibility index (Phi) is 5.10. The number of piperidine rings is 1. The average molecular weight is 317 g/mol. The summed E-state index contributed by atoms with van der Waals surface area (Å²) in [5.41, 5.74) is 0. The topological polar surface area (TPSA) is 60.0 Å². The second-order valence-electron chi connectivity index (χ2n) is 6.78. The summed E-state index contributed by atoms with van der Waals surface area (Å²) < 4.78 is 7.66. The zero-order valence-electron chi connectivity index (χ0n) is 14.4. The van der Waals surface area contributed by atoms with Crippen LogP contribution in [-0.2, 0) is 13.1 Å². The van der Waals surface area contributed by atoms with Crippen LogP contribution in [0.3, 0.4) is 0 Å². The van der Waals surface area contributed by atoms with Gasteiger partial charge in [0.25, 0.3) is 0 Å². The minimum Gasteiger partial charge on any atom is -0.338 e. The molecule has 0 aromatic carbocycles. The van der Waals surface area contributed by atoms with Crippen molar-refractivity contribution in [3.63, 3.8) is 0 Å². The quantitative estimate of drug-likeness (QED) is 0.819. The Balaban J connectivity index is 1.60. The lowest BCUT2D eigenvalue weighted by atomic mass is 9.99. The van der Waals surface area contributed by atoms with Crippen molar-refractivity contribution in [2.24, 2.45) is 0 Å². The summed E-state index contributed by atoms with van der Waals surface area (Å²) in [6.07, 6.45) is 8.90. The van der Waals surface area contributed by atoms with E-state index in [1.165, 1.54) is 19.3 Å². The third kappa shape index (κ3) is 3.99. The second kappa shape index (κ2) is 7.25. The Morgan fingerprint density at radius 3 is 2.91 bits per heavy atom. The molecule has 1 aliphatic rings. The van der Waals surface area contributed by atoms with Gasteiger partial charge in [-0.15, -0.1) is 0 Å². The van der Waals surface area contributed by atoms with Crippen LogP contribution in [0.5, 0.6) is 0 Å². The predicted octanol–water partition coefficient (Wildman–Crippen LogP) is 3.14. The van der Waals surface area contributed by atoms with E-state index in [4.69, 9.17) is 4.52 Å². The molecule has 0 radical (unpaired) electrons. The first-order valence-electron chi connectivity index (χ1n) is 8.67. The smallest absolute Gasteiger partial charge is 0.240 e. The normalized spacial score (nSPS) is 19.6. The highest BCUT2D eigenvalue weighted by Gasteiger charge is 2.24. The highest BCUT2D eigenvalue weighted by Crippen LogP contribution is 2.23. The summed E-state index contributed by atoms with van der Waals surface area (Å²) in [6.45, 7) is 9.15. The molecule has 0 N–H and O–H groups in total. The van der Waals surface area contributed by atoms with Gasteiger partial charge >= 0.3 is 0 Å². The van der Waals surface area contributed by atoms with Gasteiger partial charge in [0.1, 0.15) is 5.82 Å². The molecule has 3 rings (SSSR count). The zero-order valence-corrected chi connectivity index (χ0v) is 14.4. The van der Waals surface area contributed by atoms with Gasteiger partial charge in [-0.3, -0.25) is 4.90 Å². The van der Waals surface area contributed by atoms with E-state index in [-0.39, 0.29) is 0 Å². The van der Waals surface area contributed by atoms with Crippen LogP contribution in [0.15, 0.2) is 16.9 Å². The van der Waals surface area contributed by atoms with Crippen LogP contribution in [0.25, 0.3) is 0 Å². The highest BCUT2D eigenvalue weighted by molar-refractivity contribution is 4.93. The Bertz CT molecular complexity index is 618. The van der Waals surface area contributed by atoms with E-state index in [2.05, 4.69) is 51.6 Å². The molecule has 6 heteroatoms. The Hall–Kier alpha value is -1.69. The minimum absolute atomic E-state index is 0.314. The van der Waals surface area contributed by atoms with Gasteiger partial charge < -0.3 is 9.09 Å². The summed E-state index contributed by atoms with van der Waals surface area (Å²) in [4.78, 5) is 11.3. The summed E-state index contributed by atoms with van der Waals surface area (Å²) >= 11 is 0. The van der Waals surface area contributed by atoms with Crippen LogP contribution < -0.4 is 0 Å².